The molecule has 1 amide bonds. The lowest BCUT2D eigenvalue weighted by Gasteiger charge is -2.22. The van der Waals surface area contributed by atoms with Crippen LogP contribution in [0.3, 0.4) is 0 Å². The second-order valence-corrected chi connectivity index (χ2v) is 8.39. The Morgan fingerprint density at radius 2 is 1.89 bits per heavy atom. The quantitative estimate of drug-likeness (QED) is 0.536. The van der Waals surface area contributed by atoms with Gasteiger partial charge in [-0.3, -0.25) is 9.69 Å². The molecule has 0 fully saturated rings. The van der Waals surface area contributed by atoms with Crippen LogP contribution >= 0.6 is 34.5 Å². The molecule has 0 aliphatic heterocycles. The first-order chi connectivity index (χ1) is 12.9. The molecule has 0 bridgehead atoms. The number of nitrogens with zero attached hydrogens (tertiary/aromatic N) is 3. The molecule has 0 unspecified atom stereocenters. The fourth-order valence-electron chi connectivity index (χ4n) is 2.68. The van der Waals surface area contributed by atoms with Crippen molar-refractivity contribution in [2.75, 3.05) is 32.1 Å². The summed E-state index contributed by atoms with van der Waals surface area (Å²) in [6.07, 6.45) is 0.965. The molecule has 0 radical (unpaired) electrons. The normalized spacial score (nSPS) is 11.3. The smallest absolute Gasteiger partial charge is 0.261 e. The fourth-order valence-corrected chi connectivity index (χ4v) is 4.23. The van der Waals surface area contributed by atoms with Gasteiger partial charge in [-0.25, -0.2) is 4.98 Å². The van der Waals surface area contributed by atoms with Crippen LogP contribution in [0.2, 0.25) is 10.0 Å². The van der Waals surface area contributed by atoms with E-state index in [1.54, 1.807) is 23.1 Å². The third kappa shape index (κ3) is 4.61. The summed E-state index contributed by atoms with van der Waals surface area (Å²) in [6.45, 7) is 3.36. The number of thiazole rings is 1. The predicted molar refractivity (Wildman–Crippen MR) is 116 cm³/mol. The van der Waals surface area contributed by atoms with E-state index in [1.807, 2.05) is 25.1 Å². The Bertz CT molecular complexity index is 971. The molecular weight excluding hydrogens is 401 g/mol. The van der Waals surface area contributed by atoms with Crippen molar-refractivity contribution < 1.29 is 4.79 Å². The molecule has 142 valence electrons. The molecule has 0 aliphatic carbocycles. The minimum atomic E-state index is -0.173. The first kappa shape index (κ1) is 20.1. The van der Waals surface area contributed by atoms with E-state index in [1.165, 1.54) is 16.9 Å². The largest absolute Gasteiger partial charge is 0.308 e. The van der Waals surface area contributed by atoms with Gasteiger partial charge in [0.25, 0.3) is 5.91 Å². The van der Waals surface area contributed by atoms with Crippen LogP contribution < -0.4 is 4.90 Å². The topological polar surface area (TPSA) is 36.4 Å². The van der Waals surface area contributed by atoms with E-state index in [0.29, 0.717) is 33.8 Å². The maximum Gasteiger partial charge on any atom is 0.261 e. The Labute approximate surface area is 173 Å². The van der Waals surface area contributed by atoms with Gasteiger partial charge in [0.15, 0.2) is 5.13 Å². The number of rotatable bonds is 6. The highest BCUT2D eigenvalue weighted by Gasteiger charge is 2.23. The lowest BCUT2D eigenvalue weighted by atomic mass is 10.2. The first-order valence-electron chi connectivity index (χ1n) is 8.70. The van der Waals surface area contributed by atoms with E-state index in [4.69, 9.17) is 28.2 Å². The molecule has 1 aromatic heterocycles. The van der Waals surface area contributed by atoms with Crippen LogP contribution in [0.4, 0.5) is 5.13 Å². The lowest BCUT2D eigenvalue weighted by Crippen LogP contribution is -2.36. The van der Waals surface area contributed by atoms with Crippen molar-refractivity contribution in [1.82, 2.24) is 9.88 Å². The molecule has 0 saturated heterocycles. The minimum Gasteiger partial charge on any atom is -0.308 e. The van der Waals surface area contributed by atoms with Gasteiger partial charge in [-0.05, 0) is 56.4 Å². The van der Waals surface area contributed by atoms with Crippen LogP contribution in [-0.2, 0) is 6.42 Å². The summed E-state index contributed by atoms with van der Waals surface area (Å²) < 4.78 is 1.08. The van der Waals surface area contributed by atoms with Crippen molar-refractivity contribution in [2.24, 2.45) is 0 Å². The second kappa shape index (κ2) is 8.57. The summed E-state index contributed by atoms with van der Waals surface area (Å²) in [7, 11) is 3.95. The Morgan fingerprint density at radius 1 is 1.11 bits per heavy atom. The molecule has 0 atom stereocenters. The molecule has 0 aliphatic rings. The lowest BCUT2D eigenvalue weighted by molar-refractivity contribution is 0.0985. The molecule has 1 heterocycles. The van der Waals surface area contributed by atoms with Crippen LogP contribution in [0.5, 0.6) is 0 Å². The van der Waals surface area contributed by atoms with Crippen LogP contribution in [0.1, 0.15) is 22.8 Å². The van der Waals surface area contributed by atoms with E-state index in [9.17, 15) is 4.79 Å². The number of halogens is 2. The third-order valence-corrected chi connectivity index (χ3v) is 5.85. The van der Waals surface area contributed by atoms with Crippen molar-refractivity contribution in [1.29, 1.82) is 0 Å². The monoisotopic (exact) mass is 421 g/mol. The number of carbonyl (C=O) groups excluding carboxylic acids is 1. The Hall–Kier alpha value is -1.66. The van der Waals surface area contributed by atoms with E-state index < -0.39 is 0 Å². The number of anilines is 1. The standard InChI is InChI=1S/C20H21Cl2N3OS/c1-4-13-5-8-17-18(11-13)27-20(23-17)25(10-9-24(2)3)19(26)15-7-6-14(21)12-16(15)22/h5-8,11-12H,4,9-10H2,1-3H3. The third-order valence-electron chi connectivity index (χ3n) is 4.26. The van der Waals surface area contributed by atoms with Gasteiger partial charge in [0.2, 0.25) is 0 Å². The fraction of sp³-hybridized carbons (Fsp3) is 0.300. The maximum absolute atomic E-state index is 13.2. The van der Waals surface area contributed by atoms with Crippen LogP contribution in [0.15, 0.2) is 36.4 Å². The van der Waals surface area contributed by atoms with Gasteiger partial charge in [-0.1, -0.05) is 47.5 Å². The zero-order valence-corrected chi connectivity index (χ0v) is 17.8. The SMILES string of the molecule is CCc1ccc2nc(N(CCN(C)C)C(=O)c3ccc(Cl)cc3Cl)sc2c1. The van der Waals surface area contributed by atoms with Crippen molar-refractivity contribution in [3.05, 3.63) is 57.6 Å². The van der Waals surface area contributed by atoms with Gasteiger partial charge in [-0.2, -0.15) is 0 Å². The molecule has 4 nitrogen and oxygen atoms in total. The Kier molecular flexibility index (Phi) is 6.37. The summed E-state index contributed by atoms with van der Waals surface area (Å²) in [5.74, 6) is -0.173. The molecular formula is C20H21Cl2N3OS. The number of aryl methyl sites for hydroxylation is 1. The summed E-state index contributed by atoms with van der Waals surface area (Å²) in [5, 5.41) is 1.52. The van der Waals surface area contributed by atoms with Crippen molar-refractivity contribution in [3.63, 3.8) is 0 Å². The highest BCUT2D eigenvalue weighted by molar-refractivity contribution is 7.22. The summed E-state index contributed by atoms with van der Waals surface area (Å²) >= 11 is 13.8. The number of likely N-dealkylation sites (N-methyl/N-ethyl adjacent to an activating group) is 1. The van der Waals surface area contributed by atoms with Crippen LogP contribution in [0, 0.1) is 0 Å². The molecule has 0 N–H and O–H groups in total. The van der Waals surface area contributed by atoms with Gasteiger partial charge in [0.1, 0.15) is 0 Å². The highest BCUT2D eigenvalue weighted by atomic mass is 35.5. The molecule has 27 heavy (non-hydrogen) atoms. The highest BCUT2D eigenvalue weighted by Crippen LogP contribution is 2.32. The number of amides is 1. The number of hydrogen-bond acceptors (Lipinski definition) is 4. The number of hydrogen-bond donors (Lipinski definition) is 0. The number of aromatic nitrogens is 1. The number of carbonyl (C=O) groups is 1. The zero-order chi connectivity index (χ0) is 19.6. The molecule has 0 spiro atoms. The zero-order valence-electron chi connectivity index (χ0n) is 15.5. The van der Waals surface area contributed by atoms with Crippen molar-refractivity contribution in [3.8, 4) is 0 Å². The minimum absolute atomic E-state index is 0.173. The molecule has 3 aromatic rings. The van der Waals surface area contributed by atoms with E-state index >= 15 is 0 Å². The Balaban J connectivity index is 2.01. The van der Waals surface area contributed by atoms with E-state index in [0.717, 1.165) is 16.6 Å². The van der Waals surface area contributed by atoms with Gasteiger partial charge in [0.05, 0.1) is 20.8 Å². The first-order valence-corrected chi connectivity index (χ1v) is 10.3. The average molecular weight is 422 g/mol. The number of benzene rings is 2. The van der Waals surface area contributed by atoms with Crippen molar-refractivity contribution in [2.45, 2.75) is 13.3 Å². The van der Waals surface area contributed by atoms with Gasteiger partial charge in [-0.15, -0.1) is 0 Å². The van der Waals surface area contributed by atoms with Gasteiger partial charge in [0, 0.05) is 18.1 Å². The second-order valence-electron chi connectivity index (χ2n) is 6.54. The van der Waals surface area contributed by atoms with Crippen molar-refractivity contribution >= 4 is 55.8 Å². The molecule has 3 rings (SSSR count). The molecule has 2 aromatic carbocycles. The van der Waals surface area contributed by atoms with Crippen LogP contribution in [0.25, 0.3) is 10.2 Å². The van der Waals surface area contributed by atoms with Crippen LogP contribution in [-0.4, -0.2) is 43.0 Å². The molecule has 0 saturated carbocycles. The predicted octanol–water partition coefficient (Wildman–Crippen LogP) is 5.37. The van der Waals surface area contributed by atoms with E-state index in [-0.39, 0.29) is 5.91 Å². The summed E-state index contributed by atoms with van der Waals surface area (Å²) in [5.41, 5.74) is 2.58. The number of fused-ring (bicyclic) bond motifs is 1. The summed E-state index contributed by atoms with van der Waals surface area (Å²) in [4.78, 5) is 21.7. The summed E-state index contributed by atoms with van der Waals surface area (Å²) in [6, 6.07) is 11.2. The van der Waals surface area contributed by atoms with Gasteiger partial charge < -0.3 is 4.90 Å². The average Bonchev–Trinajstić information content (AvgIpc) is 3.04. The Morgan fingerprint density at radius 3 is 2.56 bits per heavy atom. The van der Waals surface area contributed by atoms with Gasteiger partial charge >= 0.3 is 0 Å². The molecule has 7 heteroatoms. The van der Waals surface area contributed by atoms with E-state index in [2.05, 4.69) is 19.1 Å². The maximum atomic E-state index is 13.2.